The molecule has 7 heteroatoms. The zero-order chi connectivity index (χ0) is 22.7. The molecule has 0 bridgehead atoms. The second-order valence-electron chi connectivity index (χ2n) is 7.83. The van der Waals surface area contributed by atoms with Crippen LogP contribution in [0.4, 0.5) is 13.2 Å². The molecule has 4 rings (SSSR count). The first-order valence-electron chi connectivity index (χ1n) is 10.5. The van der Waals surface area contributed by atoms with Gasteiger partial charge in [-0.2, -0.15) is 13.2 Å². The van der Waals surface area contributed by atoms with E-state index in [-0.39, 0.29) is 24.2 Å². The van der Waals surface area contributed by atoms with E-state index in [9.17, 15) is 18.0 Å². The predicted octanol–water partition coefficient (Wildman–Crippen LogP) is 5.48. The molecule has 0 unspecified atom stereocenters. The number of hydrogen-bond donors (Lipinski definition) is 0. The lowest BCUT2D eigenvalue weighted by Gasteiger charge is -2.39. The number of pyridine rings is 1. The Hall–Kier alpha value is -3.35. The summed E-state index contributed by atoms with van der Waals surface area (Å²) in [5.41, 5.74) is 2.04. The highest BCUT2D eigenvalue weighted by atomic mass is 19.4. The summed E-state index contributed by atoms with van der Waals surface area (Å²) in [6.07, 6.45) is -2.10. The van der Waals surface area contributed by atoms with Gasteiger partial charge in [0.05, 0.1) is 5.56 Å². The van der Waals surface area contributed by atoms with Crippen LogP contribution in [0.3, 0.4) is 0 Å². The first-order chi connectivity index (χ1) is 15.3. The number of ether oxygens (including phenoxy) is 1. The van der Waals surface area contributed by atoms with E-state index in [1.807, 2.05) is 31.2 Å². The molecule has 1 amide bonds. The Balaban J connectivity index is 1.45. The lowest BCUT2D eigenvalue weighted by Crippen LogP contribution is -2.48. The van der Waals surface area contributed by atoms with E-state index in [4.69, 9.17) is 4.74 Å². The van der Waals surface area contributed by atoms with E-state index in [1.165, 1.54) is 12.3 Å². The Morgan fingerprint density at radius 1 is 1.06 bits per heavy atom. The van der Waals surface area contributed by atoms with Gasteiger partial charge in [0.15, 0.2) is 0 Å². The number of aryl methyl sites for hydroxylation is 1. The molecule has 32 heavy (non-hydrogen) atoms. The summed E-state index contributed by atoms with van der Waals surface area (Å²) in [6, 6.07) is 16.9. The quantitative estimate of drug-likeness (QED) is 0.510. The van der Waals surface area contributed by atoms with Crippen LogP contribution >= 0.6 is 0 Å². The normalized spacial score (nSPS) is 14.2. The van der Waals surface area contributed by atoms with Gasteiger partial charge in [0.1, 0.15) is 18.1 Å². The molecule has 0 radical (unpaired) electrons. The lowest BCUT2D eigenvalue weighted by molar-refractivity contribution is -0.139. The first kappa shape index (κ1) is 21.9. The number of benzene rings is 2. The monoisotopic (exact) mass is 440 g/mol. The van der Waals surface area contributed by atoms with E-state index in [2.05, 4.69) is 4.98 Å². The van der Waals surface area contributed by atoms with E-state index in [0.29, 0.717) is 24.3 Å². The molecule has 2 aromatic carbocycles. The number of rotatable bonds is 6. The Kier molecular flexibility index (Phi) is 6.17. The van der Waals surface area contributed by atoms with Gasteiger partial charge in [-0.15, -0.1) is 0 Å². The summed E-state index contributed by atoms with van der Waals surface area (Å²) < 4.78 is 46.7. The third kappa shape index (κ3) is 4.77. The summed E-state index contributed by atoms with van der Waals surface area (Å²) in [5.74, 6) is -0.562. The maximum atomic E-state index is 13.7. The molecular formula is C25H23F3N2O2. The molecule has 1 saturated heterocycles. The molecule has 1 fully saturated rings. The minimum absolute atomic E-state index is 0.0577. The van der Waals surface area contributed by atoms with Crippen LogP contribution in [-0.4, -0.2) is 28.9 Å². The molecule has 2 heterocycles. The van der Waals surface area contributed by atoms with Crippen molar-refractivity contribution < 1.29 is 22.7 Å². The van der Waals surface area contributed by atoms with Crippen LogP contribution in [0, 0.1) is 0 Å². The summed E-state index contributed by atoms with van der Waals surface area (Å²) in [6.45, 7) is 2.81. The summed E-state index contributed by atoms with van der Waals surface area (Å²) in [4.78, 5) is 18.0. The highest BCUT2D eigenvalue weighted by Gasteiger charge is 2.38. The zero-order valence-corrected chi connectivity index (χ0v) is 17.6. The van der Waals surface area contributed by atoms with Gasteiger partial charge in [0, 0.05) is 25.2 Å². The van der Waals surface area contributed by atoms with Gasteiger partial charge >= 0.3 is 6.18 Å². The van der Waals surface area contributed by atoms with Crippen LogP contribution in [0.15, 0.2) is 66.9 Å². The summed E-state index contributed by atoms with van der Waals surface area (Å²) in [7, 11) is 0. The van der Waals surface area contributed by atoms with Crippen molar-refractivity contribution in [2.24, 2.45) is 0 Å². The summed E-state index contributed by atoms with van der Waals surface area (Å²) >= 11 is 0. The fourth-order valence-corrected chi connectivity index (χ4v) is 3.69. The molecule has 1 aromatic heterocycles. The van der Waals surface area contributed by atoms with Crippen molar-refractivity contribution in [1.82, 2.24) is 9.88 Å². The first-order valence-corrected chi connectivity index (χ1v) is 10.5. The molecular weight excluding hydrogens is 417 g/mol. The van der Waals surface area contributed by atoms with Gasteiger partial charge in [-0.05, 0) is 47.4 Å². The number of halogens is 3. The number of hydrogen-bond acceptors (Lipinski definition) is 3. The van der Waals surface area contributed by atoms with Gasteiger partial charge in [0.25, 0.3) is 5.91 Å². The third-order valence-electron chi connectivity index (χ3n) is 5.66. The molecule has 0 saturated carbocycles. The fraction of sp³-hybridized carbons (Fsp3) is 0.280. The molecule has 0 spiro atoms. The highest BCUT2D eigenvalue weighted by Crippen LogP contribution is 2.40. The number of nitrogens with zero attached hydrogens (tertiary/aromatic N) is 2. The van der Waals surface area contributed by atoms with Crippen molar-refractivity contribution in [2.45, 2.75) is 32.0 Å². The number of likely N-dealkylation sites (tertiary alicyclic amines) is 1. The molecule has 0 atom stereocenters. The van der Waals surface area contributed by atoms with Crippen molar-refractivity contribution in [3.63, 3.8) is 0 Å². The molecule has 1 aliphatic rings. The Bertz CT molecular complexity index is 1080. The van der Waals surface area contributed by atoms with Crippen LogP contribution in [-0.2, 0) is 19.2 Å². The second-order valence-corrected chi connectivity index (χ2v) is 7.83. The fourth-order valence-electron chi connectivity index (χ4n) is 3.69. The van der Waals surface area contributed by atoms with Gasteiger partial charge in [0.2, 0.25) is 0 Å². The van der Waals surface area contributed by atoms with Crippen LogP contribution in [0.2, 0.25) is 0 Å². The van der Waals surface area contributed by atoms with Crippen molar-refractivity contribution in [3.8, 4) is 5.75 Å². The Morgan fingerprint density at radius 3 is 2.41 bits per heavy atom. The van der Waals surface area contributed by atoms with E-state index >= 15 is 0 Å². The third-order valence-corrected chi connectivity index (χ3v) is 5.66. The van der Waals surface area contributed by atoms with Crippen LogP contribution < -0.4 is 4.74 Å². The number of aromatic nitrogens is 1. The SMILES string of the molecule is CCc1ccc(COc2ccc(C3CN(C(=O)c4ccccn4)C3)cc2C(F)(F)F)cc1. The van der Waals surface area contributed by atoms with E-state index in [1.54, 1.807) is 29.2 Å². The second kappa shape index (κ2) is 9.02. The standard InChI is InChI=1S/C25H23F3N2O2/c1-2-17-6-8-18(9-7-17)16-32-23-11-10-19(13-21(23)25(26,27)28)20-14-30(15-20)24(31)22-5-3-4-12-29-22/h3-13,20H,2,14-16H2,1H3. The van der Waals surface area contributed by atoms with Crippen LogP contribution in [0.5, 0.6) is 5.75 Å². The van der Waals surface area contributed by atoms with Gasteiger partial charge in [-0.3, -0.25) is 9.78 Å². The van der Waals surface area contributed by atoms with Crippen molar-refractivity contribution in [3.05, 3.63) is 94.8 Å². The van der Waals surface area contributed by atoms with Gasteiger partial charge in [-0.1, -0.05) is 43.3 Å². The Labute approximate surface area is 184 Å². The highest BCUT2D eigenvalue weighted by molar-refractivity contribution is 5.92. The van der Waals surface area contributed by atoms with Crippen molar-refractivity contribution in [1.29, 1.82) is 0 Å². The Morgan fingerprint density at radius 2 is 1.78 bits per heavy atom. The van der Waals surface area contributed by atoms with Crippen molar-refractivity contribution >= 4 is 5.91 Å². The topological polar surface area (TPSA) is 42.4 Å². The van der Waals surface area contributed by atoms with Crippen LogP contribution in [0.25, 0.3) is 0 Å². The summed E-state index contributed by atoms with van der Waals surface area (Å²) in [5, 5.41) is 0. The molecule has 166 valence electrons. The number of alkyl halides is 3. The number of carbonyl (C=O) groups excluding carboxylic acids is 1. The zero-order valence-electron chi connectivity index (χ0n) is 17.6. The van der Waals surface area contributed by atoms with Gasteiger partial charge in [-0.25, -0.2) is 0 Å². The van der Waals surface area contributed by atoms with E-state index < -0.39 is 11.7 Å². The predicted molar refractivity (Wildman–Crippen MR) is 114 cm³/mol. The smallest absolute Gasteiger partial charge is 0.419 e. The molecule has 4 nitrogen and oxygen atoms in total. The maximum absolute atomic E-state index is 13.7. The largest absolute Gasteiger partial charge is 0.488 e. The number of carbonyl (C=O) groups is 1. The van der Waals surface area contributed by atoms with Gasteiger partial charge < -0.3 is 9.64 Å². The maximum Gasteiger partial charge on any atom is 0.419 e. The minimum atomic E-state index is -4.54. The van der Waals surface area contributed by atoms with E-state index in [0.717, 1.165) is 23.6 Å². The lowest BCUT2D eigenvalue weighted by atomic mass is 9.89. The number of amides is 1. The van der Waals surface area contributed by atoms with Crippen molar-refractivity contribution in [2.75, 3.05) is 13.1 Å². The molecule has 3 aromatic rings. The average molecular weight is 440 g/mol. The average Bonchev–Trinajstić information content (AvgIpc) is 2.77. The minimum Gasteiger partial charge on any atom is -0.488 e. The van der Waals surface area contributed by atoms with Crippen LogP contribution in [0.1, 0.15) is 45.6 Å². The molecule has 0 aliphatic carbocycles. The molecule has 1 aliphatic heterocycles. The molecule has 0 N–H and O–H groups in total.